The number of benzene rings is 2. The molecule has 1 N–H and O–H groups in total. The van der Waals surface area contributed by atoms with Crippen LogP contribution in [0.2, 0.25) is 5.02 Å². The first-order valence-electron chi connectivity index (χ1n) is 7.70. The third-order valence-electron chi connectivity index (χ3n) is 3.91. The van der Waals surface area contributed by atoms with Gasteiger partial charge in [-0.3, -0.25) is 9.59 Å². The second-order valence-electron chi connectivity index (χ2n) is 5.67. The fourth-order valence-corrected chi connectivity index (χ4v) is 4.65. The maximum Gasteiger partial charge on any atom is 0.268 e. The number of carbonyl (C=O) groups is 2. The molecule has 2 amide bonds. The zero-order valence-corrected chi connectivity index (χ0v) is 15.3. The molecule has 0 fully saturated rings. The molecule has 2 aromatic rings. The van der Waals surface area contributed by atoms with Gasteiger partial charge in [-0.15, -0.1) is 0 Å². The third-order valence-corrected chi connectivity index (χ3v) is 6.17. The van der Waals surface area contributed by atoms with E-state index in [1.807, 2.05) is 0 Å². The molecule has 0 radical (unpaired) electrons. The maximum absolute atomic E-state index is 12.8. The van der Waals surface area contributed by atoms with E-state index < -0.39 is 28.4 Å². The molecular weight excluding hydrogens is 376 g/mol. The minimum atomic E-state index is -4.11. The van der Waals surface area contributed by atoms with Gasteiger partial charge in [0.2, 0.25) is 5.91 Å². The van der Waals surface area contributed by atoms with Crippen molar-refractivity contribution >= 4 is 44.0 Å². The summed E-state index contributed by atoms with van der Waals surface area (Å²) in [6.07, 6.45) is 0. The molecule has 6 nitrogen and oxygen atoms in total. The number of para-hydroxylation sites is 1. The van der Waals surface area contributed by atoms with Gasteiger partial charge in [0.15, 0.2) is 0 Å². The quantitative estimate of drug-likeness (QED) is 0.870. The summed E-state index contributed by atoms with van der Waals surface area (Å²) in [7, 11) is -4.11. The number of nitrogens with one attached hydrogen (secondary N) is 1. The van der Waals surface area contributed by atoms with Crippen LogP contribution in [0.3, 0.4) is 0 Å². The lowest BCUT2D eigenvalue weighted by molar-refractivity contribution is -0.126. The van der Waals surface area contributed by atoms with E-state index in [1.54, 1.807) is 54.6 Å². The van der Waals surface area contributed by atoms with Gasteiger partial charge in [-0.25, -0.2) is 12.7 Å². The molecule has 2 aromatic carbocycles. The highest BCUT2D eigenvalue weighted by molar-refractivity contribution is 7.99. The van der Waals surface area contributed by atoms with Gasteiger partial charge in [0.05, 0.1) is 10.7 Å². The van der Waals surface area contributed by atoms with E-state index in [0.717, 1.165) is 0 Å². The number of halogens is 1. The molecule has 0 bridgehead atoms. The molecule has 26 heavy (non-hydrogen) atoms. The molecule has 3 rings (SSSR count). The summed E-state index contributed by atoms with van der Waals surface area (Å²) in [5.41, 5.74) is 0.838. The van der Waals surface area contributed by atoms with Crippen LogP contribution in [-0.2, 0) is 19.6 Å². The van der Waals surface area contributed by atoms with Crippen LogP contribution in [0, 0.1) is 0 Å². The highest BCUT2D eigenvalue weighted by atomic mass is 35.5. The minimum Gasteiger partial charge on any atom is -0.323 e. The number of sulfonamides is 1. The van der Waals surface area contributed by atoms with Crippen molar-refractivity contribution in [3.63, 3.8) is 0 Å². The number of nitrogens with zero attached hydrogens (tertiary/aromatic N) is 1. The number of hydrogen-bond acceptors (Lipinski definition) is 4. The average molecular weight is 391 g/mol. The maximum atomic E-state index is 12.8. The van der Waals surface area contributed by atoms with Gasteiger partial charge in [-0.05, 0) is 24.6 Å². The predicted molar refractivity (Wildman–Crippen MR) is 99.8 cm³/mol. The van der Waals surface area contributed by atoms with Crippen LogP contribution in [0.25, 0.3) is 4.91 Å². The van der Waals surface area contributed by atoms with Gasteiger partial charge in [-0.2, -0.15) is 0 Å². The summed E-state index contributed by atoms with van der Waals surface area (Å²) in [4.78, 5) is 24.6. The van der Waals surface area contributed by atoms with Crippen LogP contribution < -0.4 is 5.32 Å². The monoisotopic (exact) mass is 390 g/mol. The Morgan fingerprint density at radius 3 is 2.35 bits per heavy atom. The van der Waals surface area contributed by atoms with Gasteiger partial charge in [-0.1, -0.05) is 54.1 Å². The van der Waals surface area contributed by atoms with Crippen molar-refractivity contribution in [3.05, 3.63) is 70.8 Å². The summed E-state index contributed by atoms with van der Waals surface area (Å²) >= 11 is 5.97. The van der Waals surface area contributed by atoms with E-state index >= 15 is 0 Å². The Morgan fingerprint density at radius 1 is 1.08 bits per heavy atom. The molecule has 0 saturated carbocycles. The Labute approximate surface area is 156 Å². The van der Waals surface area contributed by atoms with E-state index in [0.29, 0.717) is 20.6 Å². The number of anilines is 1. The summed E-state index contributed by atoms with van der Waals surface area (Å²) in [6, 6.07) is 14.9. The number of amides is 2. The van der Waals surface area contributed by atoms with Crippen LogP contribution in [0.15, 0.2) is 60.2 Å². The van der Waals surface area contributed by atoms with Crippen LogP contribution in [0.4, 0.5) is 5.69 Å². The fraction of sp³-hybridized carbons (Fsp3) is 0.111. The van der Waals surface area contributed by atoms with Gasteiger partial charge in [0.25, 0.3) is 15.9 Å². The van der Waals surface area contributed by atoms with Crippen molar-refractivity contribution in [2.45, 2.75) is 6.92 Å². The Balaban J connectivity index is 1.85. The van der Waals surface area contributed by atoms with Gasteiger partial charge >= 0.3 is 0 Å². The van der Waals surface area contributed by atoms with Crippen LogP contribution in [0.1, 0.15) is 12.5 Å². The largest absolute Gasteiger partial charge is 0.323 e. The van der Waals surface area contributed by atoms with Gasteiger partial charge in [0, 0.05) is 5.57 Å². The highest BCUT2D eigenvalue weighted by Crippen LogP contribution is 2.35. The first-order chi connectivity index (χ1) is 12.3. The Hall–Kier alpha value is -2.64. The third kappa shape index (κ3) is 3.23. The molecule has 8 heteroatoms. The molecule has 1 aliphatic heterocycles. The summed E-state index contributed by atoms with van der Waals surface area (Å²) in [5.74, 6) is -1.37. The topological polar surface area (TPSA) is 83.6 Å². The predicted octanol–water partition coefficient (Wildman–Crippen LogP) is 2.88. The number of carbonyl (C=O) groups excluding carboxylic acids is 2. The molecule has 0 atom stereocenters. The molecule has 134 valence electrons. The van der Waals surface area contributed by atoms with Crippen LogP contribution in [-0.4, -0.2) is 31.1 Å². The smallest absolute Gasteiger partial charge is 0.268 e. The lowest BCUT2D eigenvalue weighted by atomic mass is 10.1. The molecule has 0 aliphatic carbocycles. The van der Waals surface area contributed by atoms with E-state index in [2.05, 4.69) is 5.32 Å². The molecular formula is C18H15ClN2O4S. The summed E-state index contributed by atoms with van der Waals surface area (Å²) in [5, 5.41) is 2.83. The van der Waals surface area contributed by atoms with Crippen molar-refractivity contribution in [1.29, 1.82) is 0 Å². The minimum absolute atomic E-state index is 0.0753. The van der Waals surface area contributed by atoms with Gasteiger partial charge in [0.1, 0.15) is 11.4 Å². The van der Waals surface area contributed by atoms with Crippen molar-refractivity contribution in [2.24, 2.45) is 0 Å². The van der Waals surface area contributed by atoms with Gasteiger partial charge < -0.3 is 5.32 Å². The first-order valence-corrected chi connectivity index (χ1v) is 9.52. The van der Waals surface area contributed by atoms with Crippen molar-refractivity contribution in [3.8, 4) is 0 Å². The lowest BCUT2D eigenvalue weighted by Gasteiger charge is -2.16. The molecule has 0 unspecified atom stereocenters. The van der Waals surface area contributed by atoms with Crippen molar-refractivity contribution in [1.82, 2.24) is 4.31 Å². The van der Waals surface area contributed by atoms with Crippen LogP contribution in [0.5, 0.6) is 0 Å². The average Bonchev–Trinajstić information content (AvgIpc) is 2.77. The fourth-order valence-electron chi connectivity index (χ4n) is 2.69. The SMILES string of the molecule is CC1=C(c2ccccc2)S(=O)(=O)N(CC(=O)Nc2ccccc2Cl)C1=O. The Morgan fingerprint density at radius 2 is 1.69 bits per heavy atom. The Kier molecular flexibility index (Phi) is 4.84. The zero-order chi connectivity index (χ0) is 18.9. The molecule has 0 aromatic heterocycles. The Bertz CT molecular complexity index is 1020. The zero-order valence-electron chi connectivity index (χ0n) is 13.8. The molecule has 0 spiro atoms. The molecule has 0 saturated heterocycles. The summed E-state index contributed by atoms with van der Waals surface area (Å²) < 4.78 is 26.2. The second kappa shape index (κ2) is 6.93. The van der Waals surface area contributed by atoms with E-state index in [-0.39, 0.29) is 10.5 Å². The lowest BCUT2D eigenvalue weighted by Crippen LogP contribution is -2.38. The number of hydrogen-bond donors (Lipinski definition) is 1. The second-order valence-corrected chi connectivity index (χ2v) is 7.87. The standard InChI is InChI=1S/C18H15ClN2O4S/c1-12-17(13-7-3-2-4-8-13)26(24,25)21(18(12)23)11-16(22)20-15-10-6-5-9-14(15)19/h2-10H,11H2,1H3,(H,20,22). The highest BCUT2D eigenvalue weighted by Gasteiger charge is 2.43. The molecule has 1 heterocycles. The normalized spacial score (nSPS) is 16.1. The molecule has 1 aliphatic rings. The summed E-state index contributed by atoms with van der Waals surface area (Å²) in [6.45, 7) is 0.814. The van der Waals surface area contributed by atoms with Crippen molar-refractivity contribution in [2.75, 3.05) is 11.9 Å². The van der Waals surface area contributed by atoms with E-state index in [4.69, 9.17) is 11.6 Å². The van der Waals surface area contributed by atoms with E-state index in [9.17, 15) is 18.0 Å². The van der Waals surface area contributed by atoms with Crippen LogP contribution >= 0.6 is 11.6 Å². The van der Waals surface area contributed by atoms with Crippen molar-refractivity contribution < 1.29 is 18.0 Å². The number of rotatable bonds is 4. The van der Waals surface area contributed by atoms with E-state index in [1.165, 1.54) is 6.92 Å². The first kappa shape index (κ1) is 18.2.